The van der Waals surface area contributed by atoms with Gasteiger partial charge in [-0.1, -0.05) is 31.0 Å². The van der Waals surface area contributed by atoms with E-state index in [1.807, 2.05) is 6.07 Å². The Labute approximate surface area is 173 Å². The molecule has 0 unspecified atom stereocenters. The maximum Gasteiger partial charge on any atom is 0.323 e. The number of unbranched alkanes of at least 4 members (excludes halogenated alkanes) is 3. The molecule has 4 amide bonds. The van der Waals surface area contributed by atoms with Crippen LogP contribution in [0.15, 0.2) is 48.5 Å². The van der Waals surface area contributed by atoms with E-state index in [9.17, 15) is 18.8 Å². The lowest BCUT2D eigenvalue weighted by Crippen LogP contribution is -2.25. The van der Waals surface area contributed by atoms with Crippen molar-refractivity contribution in [1.29, 1.82) is 0 Å². The van der Waals surface area contributed by atoms with E-state index in [1.165, 1.54) is 12.1 Å². The highest BCUT2D eigenvalue weighted by Crippen LogP contribution is 2.16. The normalized spacial score (nSPS) is 10.2. The Morgan fingerprint density at radius 2 is 1.63 bits per heavy atom. The smallest absolute Gasteiger partial charge is 0.323 e. The summed E-state index contributed by atoms with van der Waals surface area (Å²) in [6.45, 7) is 0.423. The Balaban J connectivity index is 1.74. The Morgan fingerprint density at radius 3 is 2.33 bits per heavy atom. The van der Waals surface area contributed by atoms with E-state index < -0.39 is 23.7 Å². The van der Waals surface area contributed by atoms with Crippen LogP contribution in [0, 0.1) is 5.82 Å². The predicted octanol–water partition coefficient (Wildman–Crippen LogP) is 3.66. The summed E-state index contributed by atoms with van der Waals surface area (Å²) >= 11 is 0. The Morgan fingerprint density at radius 1 is 0.900 bits per heavy atom. The highest BCUT2D eigenvalue weighted by Gasteiger charge is 2.11. The molecule has 0 spiro atoms. The Hall–Kier alpha value is -3.46. The van der Waals surface area contributed by atoms with E-state index in [-0.39, 0.29) is 17.7 Å². The first-order chi connectivity index (χ1) is 14.5. The third kappa shape index (κ3) is 7.88. The van der Waals surface area contributed by atoms with E-state index in [0.29, 0.717) is 25.1 Å². The molecule has 2 aromatic rings. The van der Waals surface area contributed by atoms with Crippen molar-refractivity contribution in [3.05, 3.63) is 59.9 Å². The summed E-state index contributed by atoms with van der Waals surface area (Å²) in [6.07, 6.45) is 3.23. The monoisotopic (exact) mass is 416 g/mol. The second kappa shape index (κ2) is 12.2. The van der Waals surface area contributed by atoms with Crippen LogP contribution in [0.2, 0.25) is 0 Å². The van der Waals surface area contributed by atoms with Gasteiger partial charge in [0.15, 0.2) is 0 Å². The predicted molar refractivity (Wildman–Crippen MR) is 111 cm³/mol. The van der Waals surface area contributed by atoms with E-state index in [2.05, 4.69) is 16.0 Å². The fraction of sp³-hybridized carbons (Fsp3) is 0.286. The maximum absolute atomic E-state index is 14.3. The van der Waals surface area contributed by atoms with Crippen molar-refractivity contribution in [2.45, 2.75) is 32.1 Å². The number of amides is 4. The van der Waals surface area contributed by atoms with Crippen molar-refractivity contribution < 1.29 is 24.0 Å². The maximum atomic E-state index is 14.3. The molecule has 5 N–H and O–H groups in total. The molecule has 0 radical (unpaired) electrons. The van der Waals surface area contributed by atoms with E-state index >= 15 is 0 Å². The van der Waals surface area contributed by atoms with Gasteiger partial charge in [-0.05, 0) is 43.2 Å². The molecular weight excluding hydrogens is 391 g/mol. The number of para-hydroxylation sites is 1. The topological polar surface area (TPSA) is 120 Å². The number of nitrogens with one attached hydrogen (secondary N) is 4. The molecule has 8 nitrogen and oxygen atoms in total. The lowest BCUT2D eigenvalue weighted by atomic mass is 10.1. The van der Waals surface area contributed by atoms with E-state index in [4.69, 9.17) is 5.21 Å². The number of hydrogen-bond acceptors (Lipinski definition) is 4. The van der Waals surface area contributed by atoms with Crippen LogP contribution in [0.4, 0.5) is 20.6 Å². The van der Waals surface area contributed by atoms with Crippen molar-refractivity contribution in [2.75, 3.05) is 17.2 Å². The van der Waals surface area contributed by atoms with Gasteiger partial charge in [0, 0.05) is 24.2 Å². The highest BCUT2D eigenvalue weighted by atomic mass is 19.1. The van der Waals surface area contributed by atoms with Gasteiger partial charge in [0.1, 0.15) is 5.82 Å². The van der Waals surface area contributed by atoms with Crippen LogP contribution in [0.5, 0.6) is 0 Å². The SMILES string of the molecule is O=C(CCCCCCNC(=O)c1ccc(NC(=O)Nc2ccccc2)c(F)c1)NO. The first-order valence-corrected chi connectivity index (χ1v) is 9.63. The summed E-state index contributed by atoms with van der Waals surface area (Å²) in [5, 5.41) is 16.1. The standard InChI is InChI=1S/C21H25FN4O4/c22-17-14-15(20(28)23-13-7-2-1-6-10-19(27)26-30)11-12-18(17)25-21(29)24-16-8-4-3-5-9-16/h3-5,8-9,11-12,14,30H,1-2,6-7,10,13H2,(H,23,28)(H,26,27)(H2,24,25,29). The molecule has 0 heterocycles. The average Bonchev–Trinajstić information content (AvgIpc) is 2.74. The van der Waals surface area contributed by atoms with Crippen molar-refractivity contribution >= 4 is 29.2 Å². The molecule has 0 fully saturated rings. The molecule has 0 bridgehead atoms. The number of anilines is 2. The van der Waals surface area contributed by atoms with Gasteiger partial charge in [0.25, 0.3) is 5.91 Å². The molecule has 30 heavy (non-hydrogen) atoms. The Kier molecular flexibility index (Phi) is 9.26. The minimum absolute atomic E-state index is 0.0353. The van der Waals surface area contributed by atoms with Crippen LogP contribution >= 0.6 is 0 Å². The molecule has 9 heteroatoms. The molecule has 0 aliphatic rings. The van der Waals surface area contributed by atoms with Gasteiger partial charge in [-0.25, -0.2) is 14.7 Å². The van der Waals surface area contributed by atoms with Crippen LogP contribution in [0.3, 0.4) is 0 Å². The molecule has 0 aromatic heterocycles. The molecule has 0 aliphatic heterocycles. The number of halogens is 1. The minimum Gasteiger partial charge on any atom is -0.352 e. The molecule has 0 atom stereocenters. The highest BCUT2D eigenvalue weighted by molar-refractivity contribution is 6.00. The van der Waals surface area contributed by atoms with Crippen LogP contribution in [0.1, 0.15) is 42.5 Å². The van der Waals surface area contributed by atoms with Gasteiger partial charge in [0.05, 0.1) is 5.69 Å². The summed E-state index contributed by atoms with van der Waals surface area (Å²) in [6, 6.07) is 12.0. The van der Waals surface area contributed by atoms with Crippen molar-refractivity contribution in [2.24, 2.45) is 0 Å². The lowest BCUT2D eigenvalue weighted by Gasteiger charge is -2.10. The number of carbonyl (C=O) groups excluding carboxylic acids is 3. The van der Waals surface area contributed by atoms with Crippen LogP contribution in [-0.4, -0.2) is 29.6 Å². The number of hydrogen-bond donors (Lipinski definition) is 5. The molecule has 0 saturated heterocycles. The zero-order valence-corrected chi connectivity index (χ0v) is 16.4. The van der Waals surface area contributed by atoms with E-state index in [1.54, 1.807) is 29.7 Å². The molecule has 0 aliphatic carbocycles. The fourth-order valence-electron chi connectivity index (χ4n) is 2.69. The van der Waals surface area contributed by atoms with Crippen molar-refractivity contribution in [1.82, 2.24) is 10.8 Å². The summed E-state index contributed by atoms with van der Waals surface area (Å²) in [5.41, 5.74) is 2.27. The number of hydroxylamine groups is 1. The molecular formula is C21H25FN4O4. The number of carbonyl (C=O) groups is 3. The summed E-state index contributed by atoms with van der Waals surface area (Å²) in [4.78, 5) is 34.9. The van der Waals surface area contributed by atoms with Crippen LogP contribution in [-0.2, 0) is 4.79 Å². The fourth-order valence-corrected chi connectivity index (χ4v) is 2.69. The van der Waals surface area contributed by atoms with Gasteiger partial charge in [-0.2, -0.15) is 0 Å². The van der Waals surface area contributed by atoms with Crippen LogP contribution < -0.4 is 21.4 Å². The number of urea groups is 1. The first-order valence-electron chi connectivity index (χ1n) is 9.63. The largest absolute Gasteiger partial charge is 0.352 e. The van der Waals surface area contributed by atoms with Gasteiger partial charge in [-0.3, -0.25) is 14.8 Å². The summed E-state index contributed by atoms with van der Waals surface area (Å²) in [5.74, 6) is -1.54. The van der Waals surface area contributed by atoms with Crippen LogP contribution in [0.25, 0.3) is 0 Å². The zero-order chi connectivity index (χ0) is 21.8. The van der Waals surface area contributed by atoms with Crippen molar-refractivity contribution in [3.63, 3.8) is 0 Å². The van der Waals surface area contributed by atoms with Gasteiger partial charge >= 0.3 is 6.03 Å². The summed E-state index contributed by atoms with van der Waals surface area (Å²) < 4.78 is 14.3. The quantitative estimate of drug-likeness (QED) is 0.231. The van der Waals surface area contributed by atoms with E-state index in [0.717, 1.165) is 18.9 Å². The second-order valence-corrected chi connectivity index (χ2v) is 6.59. The van der Waals surface area contributed by atoms with Gasteiger partial charge in [-0.15, -0.1) is 0 Å². The number of rotatable bonds is 10. The first kappa shape index (κ1) is 22.8. The van der Waals surface area contributed by atoms with Gasteiger partial charge < -0.3 is 16.0 Å². The van der Waals surface area contributed by atoms with Gasteiger partial charge in [0.2, 0.25) is 5.91 Å². The average molecular weight is 416 g/mol. The minimum atomic E-state index is -0.715. The second-order valence-electron chi connectivity index (χ2n) is 6.59. The molecule has 0 saturated carbocycles. The summed E-state index contributed by atoms with van der Waals surface area (Å²) in [7, 11) is 0. The zero-order valence-electron chi connectivity index (χ0n) is 16.4. The molecule has 2 aromatic carbocycles. The molecule has 160 valence electrons. The number of benzene rings is 2. The third-order valence-corrected chi connectivity index (χ3v) is 4.25. The lowest BCUT2D eigenvalue weighted by molar-refractivity contribution is -0.129. The molecule has 2 rings (SSSR count). The third-order valence-electron chi connectivity index (χ3n) is 4.25. The Bertz CT molecular complexity index is 861. The van der Waals surface area contributed by atoms with Crippen molar-refractivity contribution in [3.8, 4) is 0 Å².